The predicted molar refractivity (Wildman–Crippen MR) is 128 cm³/mol. The van der Waals surface area contributed by atoms with Gasteiger partial charge >= 0.3 is 0 Å². The van der Waals surface area contributed by atoms with Crippen LogP contribution in [-0.4, -0.2) is 44.7 Å². The van der Waals surface area contributed by atoms with Crippen LogP contribution in [0.25, 0.3) is 16.5 Å². The molecule has 2 heterocycles. The number of fused-ring (bicyclic) bond motifs is 2. The summed E-state index contributed by atoms with van der Waals surface area (Å²) in [5, 5.41) is 0.965. The zero-order chi connectivity index (χ0) is 22.1. The maximum absolute atomic E-state index is 12.1. The maximum Gasteiger partial charge on any atom is 0.251 e. The third-order valence-electron chi connectivity index (χ3n) is 5.73. The largest absolute Gasteiger partial charge is 0.404 e. The highest BCUT2D eigenvalue weighted by Gasteiger charge is 2.25. The molecule has 1 aliphatic rings. The van der Waals surface area contributed by atoms with Crippen molar-refractivity contribution in [3.63, 3.8) is 0 Å². The first-order chi connectivity index (χ1) is 15.0. The van der Waals surface area contributed by atoms with E-state index in [-0.39, 0.29) is 5.56 Å². The van der Waals surface area contributed by atoms with Gasteiger partial charge in [-0.2, -0.15) is 0 Å². The number of aromatic amines is 1. The molecule has 1 aliphatic heterocycles. The Balaban J connectivity index is 1.95. The molecule has 0 amide bonds. The van der Waals surface area contributed by atoms with Gasteiger partial charge in [-0.1, -0.05) is 6.07 Å². The van der Waals surface area contributed by atoms with Crippen molar-refractivity contribution in [2.75, 3.05) is 37.0 Å². The first-order valence-electron chi connectivity index (χ1n) is 10.1. The van der Waals surface area contributed by atoms with Crippen LogP contribution in [-0.2, 0) is 0 Å². The molecule has 0 saturated carbocycles. The van der Waals surface area contributed by atoms with E-state index >= 15 is 0 Å². The summed E-state index contributed by atoms with van der Waals surface area (Å²) in [7, 11) is 3.70. The second kappa shape index (κ2) is 8.10. The Labute approximate surface area is 180 Å². The Bertz CT molecular complexity index is 1290. The van der Waals surface area contributed by atoms with Crippen LogP contribution in [0.1, 0.15) is 21.5 Å². The number of likely N-dealkylation sites (N-methyl/N-ethyl adjacent to an activating group) is 1. The molecule has 3 aromatic rings. The average Bonchev–Trinajstić information content (AvgIpc) is 2.78. The number of aromatic nitrogens is 1. The van der Waals surface area contributed by atoms with Crippen molar-refractivity contribution in [3.05, 3.63) is 69.6 Å². The van der Waals surface area contributed by atoms with Crippen molar-refractivity contribution >= 4 is 46.0 Å². The molecule has 0 fully saturated rings. The molecule has 7 nitrogen and oxygen atoms in total. The van der Waals surface area contributed by atoms with Crippen molar-refractivity contribution in [1.29, 1.82) is 0 Å². The van der Waals surface area contributed by atoms with Gasteiger partial charge in [0.25, 0.3) is 5.56 Å². The van der Waals surface area contributed by atoms with Crippen molar-refractivity contribution < 1.29 is 4.79 Å². The number of carbonyl (C=O) groups excluding carboxylic acids is 1. The quantitative estimate of drug-likeness (QED) is 0.504. The molecule has 0 spiro atoms. The first-order valence-corrected chi connectivity index (χ1v) is 10.1. The number of allylic oxidation sites excluding steroid dienone is 1. The number of rotatable bonds is 4. The van der Waals surface area contributed by atoms with E-state index in [0.29, 0.717) is 16.7 Å². The van der Waals surface area contributed by atoms with Crippen molar-refractivity contribution in [1.82, 2.24) is 4.98 Å². The van der Waals surface area contributed by atoms with Gasteiger partial charge in [-0.25, -0.2) is 0 Å². The number of nitrogens with two attached hydrogens (primary N) is 1. The number of benzene rings is 2. The van der Waals surface area contributed by atoms with Crippen LogP contribution in [0.15, 0.2) is 52.4 Å². The smallest absolute Gasteiger partial charge is 0.251 e. The monoisotopic (exact) mass is 415 g/mol. The van der Waals surface area contributed by atoms with Crippen LogP contribution in [0.4, 0.5) is 17.1 Å². The normalized spacial score (nSPS) is 14.4. The number of nitrogens with zero attached hydrogens (tertiary/aromatic N) is 3. The van der Waals surface area contributed by atoms with Gasteiger partial charge in [-0.3, -0.25) is 14.6 Å². The minimum absolute atomic E-state index is 0.0880. The number of aryl methyl sites for hydroxylation is 1. The molecule has 0 atom stereocenters. The first kappa shape index (κ1) is 20.4. The van der Waals surface area contributed by atoms with Gasteiger partial charge < -0.3 is 20.5 Å². The number of H-pyrrole nitrogens is 1. The summed E-state index contributed by atoms with van der Waals surface area (Å²) >= 11 is 0. The maximum atomic E-state index is 12.1. The number of hydrogen-bond donors (Lipinski definition) is 2. The van der Waals surface area contributed by atoms with Gasteiger partial charge in [-0.05, 0) is 42.8 Å². The number of aliphatic imine (C=N–C) groups is 1. The molecule has 158 valence electrons. The summed E-state index contributed by atoms with van der Waals surface area (Å²) in [5.74, 6) is 0. The number of pyridine rings is 1. The van der Waals surface area contributed by atoms with Crippen LogP contribution in [0.3, 0.4) is 0 Å². The molecule has 2 aromatic carbocycles. The Morgan fingerprint density at radius 1 is 1.16 bits per heavy atom. The summed E-state index contributed by atoms with van der Waals surface area (Å²) in [6.07, 6.45) is 3.96. The van der Waals surface area contributed by atoms with Crippen LogP contribution in [0.2, 0.25) is 0 Å². The molecule has 1 aromatic heterocycles. The van der Waals surface area contributed by atoms with Crippen molar-refractivity contribution in [3.8, 4) is 0 Å². The minimum atomic E-state index is -0.0880. The second-order valence-corrected chi connectivity index (χ2v) is 7.65. The molecule has 3 N–H and O–H groups in total. The lowest BCUT2D eigenvalue weighted by Gasteiger charge is -2.38. The lowest BCUT2D eigenvalue weighted by molar-refractivity contribution is 0.112. The summed E-state index contributed by atoms with van der Waals surface area (Å²) in [6.45, 7) is 3.35. The van der Waals surface area contributed by atoms with E-state index in [1.165, 1.54) is 6.20 Å². The van der Waals surface area contributed by atoms with Gasteiger partial charge in [0.05, 0.1) is 22.6 Å². The number of carbonyl (C=O) groups is 1. The van der Waals surface area contributed by atoms with Gasteiger partial charge in [0.1, 0.15) is 0 Å². The third kappa shape index (κ3) is 3.48. The lowest BCUT2D eigenvalue weighted by atomic mass is 9.97. The van der Waals surface area contributed by atoms with Gasteiger partial charge in [0, 0.05) is 61.7 Å². The average molecular weight is 415 g/mol. The van der Waals surface area contributed by atoms with Gasteiger partial charge in [0.2, 0.25) is 0 Å². The molecular formula is C24H25N5O2. The van der Waals surface area contributed by atoms with Crippen molar-refractivity contribution in [2.45, 2.75) is 6.92 Å². The predicted octanol–water partition coefficient (Wildman–Crippen LogP) is 3.24. The van der Waals surface area contributed by atoms with Gasteiger partial charge in [-0.15, -0.1) is 0 Å². The Kier molecular flexibility index (Phi) is 5.33. The lowest BCUT2D eigenvalue weighted by Crippen LogP contribution is -2.37. The number of aldehydes is 1. The van der Waals surface area contributed by atoms with Crippen LogP contribution in [0, 0.1) is 6.92 Å². The fourth-order valence-corrected chi connectivity index (χ4v) is 4.10. The summed E-state index contributed by atoms with van der Waals surface area (Å²) in [6, 6.07) is 11.7. The van der Waals surface area contributed by atoms with Crippen molar-refractivity contribution in [2.24, 2.45) is 10.7 Å². The zero-order valence-electron chi connectivity index (χ0n) is 17.8. The molecule has 0 unspecified atom stereocenters. The molecule has 0 saturated heterocycles. The summed E-state index contributed by atoms with van der Waals surface area (Å²) in [5.41, 5.74) is 12.1. The molecule has 31 heavy (non-hydrogen) atoms. The van der Waals surface area contributed by atoms with Gasteiger partial charge in [0.15, 0.2) is 6.29 Å². The van der Waals surface area contributed by atoms with E-state index in [9.17, 15) is 9.59 Å². The van der Waals surface area contributed by atoms with Crippen LogP contribution >= 0.6 is 0 Å². The minimum Gasteiger partial charge on any atom is -0.404 e. The molecule has 0 aliphatic carbocycles. The topological polar surface area (TPSA) is 94.8 Å². The third-order valence-corrected chi connectivity index (χ3v) is 5.73. The number of nitrogens with one attached hydrogen (secondary N) is 1. The number of hydrogen-bond acceptors (Lipinski definition) is 6. The van der Waals surface area contributed by atoms with E-state index in [4.69, 9.17) is 5.73 Å². The van der Waals surface area contributed by atoms with Crippen LogP contribution in [0.5, 0.6) is 0 Å². The standard InChI is InChI=1S/C24H25N5O2/c1-15-9-19-20(27-24(15)31)5-4-6-21(19)29-8-7-28(3)22-11-18(17(12-25)13-26-2)16(14-30)10-23(22)29/h4-6,9-14H,7-8,25H2,1-3H3,(H,27,31)/b17-12+,26-13?. The fraction of sp³-hybridized carbons (Fsp3) is 0.208. The Morgan fingerprint density at radius 3 is 2.68 bits per heavy atom. The SMILES string of the molecule is CN=C/C(=C\N)c1cc2c(cc1C=O)N(c1cccc3[nH]c(=O)c(C)cc13)CCN2C. The fourth-order valence-electron chi connectivity index (χ4n) is 4.10. The summed E-state index contributed by atoms with van der Waals surface area (Å²) < 4.78 is 0. The van der Waals surface area contributed by atoms with E-state index < -0.39 is 0 Å². The molecular weight excluding hydrogens is 390 g/mol. The van der Waals surface area contributed by atoms with E-state index in [0.717, 1.165) is 52.9 Å². The molecule has 0 radical (unpaired) electrons. The van der Waals surface area contributed by atoms with Crippen LogP contribution < -0.4 is 21.1 Å². The van der Waals surface area contributed by atoms with E-state index in [1.807, 2.05) is 43.4 Å². The molecule has 7 heteroatoms. The highest BCUT2D eigenvalue weighted by molar-refractivity contribution is 6.13. The highest BCUT2D eigenvalue weighted by atomic mass is 16.1. The molecule has 4 rings (SSSR count). The Hall–Kier alpha value is -3.87. The van der Waals surface area contributed by atoms with E-state index in [2.05, 4.69) is 19.8 Å². The highest BCUT2D eigenvalue weighted by Crippen LogP contribution is 2.41. The second-order valence-electron chi connectivity index (χ2n) is 7.65. The molecule has 0 bridgehead atoms. The number of anilines is 3. The summed E-state index contributed by atoms with van der Waals surface area (Å²) in [4.78, 5) is 35.4. The Morgan fingerprint density at radius 2 is 1.97 bits per heavy atom. The zero-order valence-corrected chi connectivity index (χ0v) is 17.8. The van der Waals surface area contributed by atoms with E-state index in [1.54, 1.807) is 20.2 Å².